The highest BCUT2D eigenvalue weighted by atomic mass is 16.2. The molecule has 1 saturated heterocycles. The van der Waals surface area contributed by atoms with E-state index in [0.29, 0.717) is 37.0 Å². The number of primary amides is 1. The molecule has 0 aliphatic carbocycles. The lowest BCUT2D eigenvalue weighted by molar-refractivity contribution is -0.121. The van der Waals surface area contributed by atoms with Gasteiger partial charge in [-0.25, -0.2) is 4.98 Å². The molecule has 126 valence electrons. The van der Waals surface area contributed by atoms with E-state index in [1.54, 1.807) is 30.0 Å². The smallest absolute Gasteiger partial charge is 0.289 e. The predicted molar refractivity (Wildman–Crippen MR) is 87.4 cm³/mol. The maximum Gasteiger partial charge on any atom is 0.289 e. The summed E-state index contributed by atoms with van der Waals surface area (Å²) in [7, 11) is 0. The molecule has 8 heteroatoms. The Morgan fingerprint density at radius 2 is 2.21 bits per heavy atom. The lowest BCUT2D eigenvalue weighted by Crippen LogP contribution is -2.38. The quantitative estimate of drug-likeness (QED) is 0.751. The molecular weight excluding hydrogens is 310 g/mol. The van der Waals surface area contributed by atoms with Crippen molar-refractivity contribution < 1.29 is 14.4 Å². The van der Waals surface area contributed by atoms with Crippen molar-refractivity contribution in [3.63, 3.8) is 0 Å². The Bertz CT molecular complexity index is 813. The van der Waals surface area contributed by atoms with E-state index in [0.717, 1.165) is 0 Å². The van der Waals surface area contributed by atoms with E-state index < -0.39 is 5.91 Å². The number of benzene rings is 1. The van der Waals surface area contributed by atoms with Gasteiger partial charge < -0.3 is 20.9 Å². The summed E-state index contributed by atoms with van der Waals surface area (Å²) in [6.07, 6.45) is 1.13. The van der Waals surface area contributed by atoms with Gasteiger partial charge in [0.15, 0.2) is 5.82 Å². The Balaban J connectivity index is 1.79. The molecular formula is C16H19N5O3. The number of nitrogens with zero attached hydrogens (tertiary/aromatic N) is 2. The van der Waals surface area contributed by atoms with Gasteiger partial charge in [0.05, 0.1) is 11.1 Å². The molecule has 8 nitrogen and oxygen atoms in total. The molecule has 1 aliphatic rings. The number of rotatable bonds is 4. The van der Waals surface area contributed by atoms with E-state index in [4.69, 9.17) is 5.73 Å². The van der Waals surface area contributed by atoms with Gasteiger partial charge in [-0.15, -0.1) is 0 Å². The molecule has 24 heavy (non-hydrogen) atoms. The van der Waals surface area contributed by atoms with Crippen molar-refractivity contribution in [2.45, 2.75) is 25.8 Å². The Labute approximate surface area is 138 Å². The van der Waals surface area contributed by atoms with Crippen molar-refractivity contribution in [1.82, 2.24) is 20.2 Å². The first kappa shape index (κ1) is 16.0. The van der Waals surface area contributed by atoms with Crippen molar-refractivity contribution in [2.75, 3.05) is 13.1 Å². The minimum absolute atomic E-state index is 0.0239. The minimum atomic E-state index is -0.588. The summed E-state index contributed by atoms with van der Waals surface area (Å²) in [5.74, 6) is -0.699. The lowest BCUT2D eigenvalue weighted by atomic mass is 10.2. The second-order valence-electron chi connectivity index (χ2n) is 5.81. The van der Waals surface area contributed by atoms with Crippen LogP contribution in [0.4, 0.5) is 0 Å². The number of aromatic amines is 1. The number of imidazole rings is 1. The van der Waals surface area contributed by atoms with Crippen LogP contribution in [0.15, 0.2) is 18.2 Å². The van der Waals surface area contributed by atoms with Crippen LogP contribution in [0.3, 0.4) is 0 Å². The van der Waals surface area contributed by atoms with Crippen molar-refractivity contribution in [3.05, 3.63) is 29.6 Å². The molecule has 0 bridgehead atoms. The lowest BCUT2D eigenvalue weighted by Gasteiger charge is -2.15. The zero-order chi connectivity index (χ0) is 17.3. The third-order valence-electron chi connectivity index (χ3n) is 4.14. The van der Waals surface area contributed by atoms with Crippen LogP contribution in [0.1, 0.15) is 40.7 Å². The van der Waals surface area contributed by atoms with Crippen molar-refractivity contribution >= 4 is 28.8 Å². The largest absolute Gasteiger partial charge is 0.366 e. The first-order valence-corrected chi connectivity index (χ1v) is 7.86. The van der Waals surface area contributed by atoms with Crippen LogP contribution in [0, 0.1) is 0 Å². The molecule has 3 rings (SSSR count). The van der Waals surface area contributed by atoms with E-state index in [2.05, 4.69) is 15.3 Å². The van der Waals surface area contributed by atoms with E-state index in [-0.39, 0.29) is 29.2 Å². The number of aromatic nitrogens is 2. The van der Waals surface area contributed by atoms with Gasteiger partial charge in [0.2, 0.25) is 5.91 Å². The van der Waals surface area contributed by atoms with E-state index in [9.17, 15) is 14.4 Å². The fourth-order valence-corrected chi connectivity index (χ4v) is 2.87. The summed E-state index contributed by atoms with van der Waals surface area (Å²) in [4.78, 5) is 44.3. The molecule has 2 heterocycles. The Hall–Kier alpha value is -2.90. The zero-order valence-electron chi connectivity index (χ0n) is 13.3. The summed E-state index contributed by atoms with van der Waals surface area (Å²) in [6.45, 7) is 2.79. The number of carbonyl (C=O) groups is 3. The molecule has 4 N–H and O–H groups in total. The van der Waals surface area contributed by atoms with Crippen molar-refractivity contribution in [2.24, 2.45) is 5.73 Å². The molecule has 1 aromatic heterocycles. The molecule has 1 aliphatic heterocycles. The Morgan fingerprint density at radius 3 is 2.92 bits per heavy atom. The van der Waals surface area contributed by atoms with E-state index >= 15 is 0 Å². The highest BCUT2D eigenvalue weighted by Crippen LogP contribution is 2.18. The van der Waals surface area contributed by atoms with Gasteiger partial charge >= 0.3 is 0 Å². The monoisotopic (exact) mass is 329 g/mol. The van der Waals surface area contributed by atoms with Gasteiger partial charge in [-0.05, 0) is 18.6 Å². The molecule has 0 spiro atoms. The third kappa shape index (κ3) is 2.94. The average Bonchev–Trinajstić information content (AvgIpc) is 3.19. The Kier molecular flexibility index (Phi) is 4.20. The van der Waals surface area contributed by atoms with Gasteiger partial charge in [-0.2, -0.15) is 0 Å². The normalized spacial score (nSPS) is 17.2. The molecule has 2 aromatic rings. The standard InChI is InChI=1S/C16H19N5O3/c1-2-12(22)18-9-6-7-21(8-9)16(24)15-19-11-5-3-4-10(14(17)23)13(11)20-15/h3-5,9H,2,6-8H2,1H3,(H2,17,23)(H,18,22)(H,19,20). The summed E-state index contributed by atoms with van der Waals surface area (Å²) in [6, 6.07) is 4.96. The first-order valence-electron chi connectivity index (χ1n) is 7.86. The van der Waals surface area contributed by atoms with Crippen LogP contribution >= 0.6 is 0 Å². The summed E-state index contributed by atoms with van der Waals surface area (Å²) < 4.78 is 0. The molecule has 3 amide bonds. The fourth-order valence-electron chi connectivity index (χ4n) is 2.87. The van der Waals surface area contributed by atoms with Crippen LogP contribution in [-0.4, -0.2) is 51.7 Å². The molecule has 1 unspecified atom stereocenters. The predicted octanol–water partition coefficient (Wildman–Crippen LogP) is 0.403. The third-order valence-corrected chi connectivity index (χ3v) is 4.14. The second kappa shape index (κ2) is 6.31. The van der Waals surface area contributed by atoms with Gasteiger partial charge in [0.1, 0.15) is 5.52 Å². The van der Waals surface area contributed by atoms with Gasteiger partial charge in [0.25, 0.3) is 11.8 Å². The number of nitrogens with two attached hydrogens (primary N) is 1. The number of fused-ring (bicyclic) bond motifs is 1. The number of hydrogen-bond acceptors (Lipinski definition) is 4. The highest BCUT2D eigenvalue weighted by Gasteiger charge is 2.29. The second-order valence-corrected chi connectivity index (χ2v) is 5.81. The van der Waals surface area contributed by atoms with Gasteiger partial charge in [0, 0.05) is 25.6 Å². The van der Waals surface area contributed by atoms with Crippen LogP contribution in [-0.2, 0) is 4.79 Å². The number of likely N-dealkylation sites (tertiary alicyclic amines) is 1. The number of H-pyrrole nitrogens is 1. The SMILES string of the molecule is CCC(=O)NC1CCN(C(=O)c2nc3c(C(N)=O)cccc3[nH]2)C1. The average molecular weight is 329 g/mol. The van der Waals surface area contributed by atoms with Gasteiger partial charge in [-0.1, -0.05) is 13.0 Å². The van der Waals surface area contributed by atoms with Crippen molar-refractivity contribution in [3.8, 4) is 0 Å². The molecule has 1 fully saturated rings. The Morgan fingerprint density at radius 1 is 1.42 bits per heavy atom. The molecule has 1 atom stereocenters. The summed E-state index contributed by atoms with van der Waals surface area (Å²) in [5, 5.41) is 2.89. The fraction of sp³-hybridized carbons (Fsp3) is 0.375. The number of amides is 3. The minimum Gasteiger partial charge on any atom is -0.366 e. The molecule has 0 saturated carbocycles. The van der Waals surface area contributed by atoms with E-state index in [1.165, 1.54) is 0 Å². The number of nitrogens with one attached hydrogen (secondary N) is 2. The number of para-hydroxylation sites is 1. The number of carbonyl (C=O) groups excluding carboxylic acids is 3. The maximum atomic E-state index is 12.6. The van der Waals surface area contributed by atoms with Crippen molar-refractivity contribution in [1.29, 1.82) is 0 Å². The zero-order valence-corrected chi connectivity index (χ0v) is 13.3. The van der Waals surface area contributed by atoms with Crippen LogP contribution in [0.25, 0.3) is 11.0 Å². The maximum absolute atomic E-state index is 12.6. The molecule has 1 aromatic carbocycles. The highest BCUT2D eigenvalue weighted by molar-refractivity contribution is 6.05. The molecule has 0 radical (unpaired) electrons. The summed E-state index contributed by atoms with van der Waals surface area (Å²) in [5.41, 5.74) is 6.59. The summed E-state index contributed by atoms with van der Waals surface area (Å²) >= 11 is 0. The number of hydrogen-bond donors (Lipinski definition) is 3. The first-order chi connectivity index (χ1) is 11.5. The van der Waals surface area contributed by atoms with Crippen LogP contribution in [0.2, 0.25) is 0 Å². The van der Waals surface area contributed by atoms with E-state index in [1.807, 2.05) is 0 Å². The van der Waals surface area contributed by atoms with Crippen LogP contribution < -0.4 is 11.1 Å². The topological polar surface area (TPSA) is 121 Å². The van der Waals surface area contributed by atoms with Gasteiger partial charge in [-0.3, -0.25) is 14.4 Å². The van der Waals surface area contributed by atoms with Crippen LogP contribution in [0.5, 0.6) is 0 Å².